The van der Waals surface area contributed by atoms with Crippen molar-refractivity contribution in [3.63, 3.8) is 0 Å². The monoisotopic (exact) mass is 311 g/mol. The van der Waals surface area contributed by atoms with Gasteiger partial charge in [-0.2, -0.15) is 0 Å². The Morgan fingerprint density at radius 3 is 2.83 bits per heavy atom. The van der Waals surface area contributed by atoms with Crippen LogP contribution >= 0.6 is 0 Å². The number of hydrogen-bond acceptors (Lipinski definition) is 2. The van der Waals surface area contributed by atoms with Gasteiger partial charge in [0.25, 0.3) is 0 Å². The molecule has 0 amide bonds. The quantitative estimate of drug-likeness (QED) is 0.894. The van der Waals surface area contributed by atoms with E-state index in [1.807, 2.05) is 12.3 Å². The fourth-order valence-electron chi connectivity index (χ4n) is 4.31. The van der Waals surface area contributed by atoms with Gasteiger partial charge in [-0.25, -0.2) is 4.39 Å². The predicted molar refractivity (Wildman–Crippen MR) is 88.7 cm³/mol. The Kier molecular flexibility index (Phi) is 3.90. The van der Waals surface area contributed by atoms with Crippen LogP contribution in [0.2, 0.25) is 0 Å². The number of pyridine rings is 1. The number of hydrogen-bond donors (Lipinski definition) is 1. The molecule has 0 spiro atoms. The zero-order chi connectivity index (χ0) is 15.8. The Balaban J connectivity index is 1.68. The van der Waals surface area contributed by atoms with Crippen LogP contribution in [0.3, 0.4) is 0 Å². The van der Waals surface area contributed by atoms with E-state index in [-0.39, 0.29) is 17.8 Å². The summed E-state index contributed by atoms with van der Waals surface area (Å²) in [6, 6.07) is 7.32. The first-order valence-electron chi connectivity index (χ1n) is 8.66. The van der Waals surface area contributed by atoms with Crippen molar-refractivity contribution in [3.8, 4) is 11.1 Å². The van der Waals surface area contributed by atoms with Gasteiger partial charge in [0, 0.05) is 29.4 Å². The molecule has 2 aromatic rings. The van der Waals surface area contributed by atoms with E-state index in [1.54, 1.807) is 12.3 Å². The molecule has 1 aromatic carbocycles. The highest BCUT2D eigenvalue weighted by Gasteiger charge is 2.31. The third-order valence-electron chi connectivity index (χ3n) is 5.55. The smallest absolute Gasteiger partial charge is 0.127 e. The SMILES string of the molecule is OC(CC1c2cncc(c2)-c2cccc(F)c21)C1CCCCC1. The third kappa shape index (κ3) is 2.67. The van der Waals surface area contributed by atoms with Crippen LogP contribution in [0.15, 0.2) is 36.7 Å². The average molecular weight is 311 g/mol. The molecule has 1 saturated carbocycles. The highest BCUT2D eigenvalue weighted by Crippen LogP contribution is 2.43. The van der Waals surface area contributed by atoms with E-state index in [0.29, 0.717) is 12.3 Å². The molecule has 2 aliphatic rings. The molecular formula is C20H22FNO. The highest BCUT2D eigenvalue weighted by atomic mass is 19.1. The van der Waals surface area contributed by atoms with Gasteiger partial charge in [-0.3, -0.25) is 4.98 Å². The highest BCUT2D eigenvalue weighted by molar-refractivity contribution is 5.72. The van der Waals surface area contributed by atoms with Crippen molar-refractivity contribution in [2.75, 3.05) is 0 Å². The summed E-state index contributed by atoms with van der Waals surface area (Å²) in [5.41, 5.74) is 3.65. The lowest BCUT2D eigenvalue weighted by atomic mass is 9.75. The number of nitrogens with zero attached hydrogens (tertiary/aromatic N) is 1. The fraction of sp³-hybridized carbons (Fsp3) is 0.450. The Morgan fingerprint density at radius 1 is 1.17 bits per heavy atom. The first-order chi connectivity index (χ1) is 11.2. The fourth-order valence-corrected chi connectivity index (χ4v) is 4.31. The van der Waals surface area contributed by atoms with E-state index in [4.69, 9.17) is 0 Å². The molecule has 0 radical (unpaired) electrons. The molecule has 1 heterocycles. The molecule has 1 N–H and O–H groups in total. The molecule has 1 fully saturated rings. The van der Waals surface area contributed by atoms with E-state index < -0.39 is 0 Å². The maximum atomic E-state index is 14.5. The van der Waals surface area contributed by atoms with Gasteiger partial charge in [0.15, 0.2) is 0 Å². The normalized spacial score (nSPS) is 21.7. The molecule has 2 nitrogen and oxygen atoms in total. The summed E-state index contributed by atoms with van der Waals surface area (Å²) in [5.74, 6) is 0.0940. The zero-order valence-corrected chi connectivity index (χ0v) is 13.2. The Hall–Kier alpha value is -1.74. The van der Waals surface area contributed by atoms with Gasteiger partial charge in [-0.1, -0.05) is 31.4 Å². The van der Waals surface area contributed by atoms with Gasteiger partial charge < -0.3 is 5.11 Å². The van der Waals surface area contributed by atoms with E-state index >= 15 is 0 Å². The maximum Gasteiger partial charge on any atom is 0.127 e. The van der Waals surface area contributed by atoms with Crippen molar-refractivity contribution >= 4 is 0 Å². The van der Waals surface area contributed by atoms with Gasteiger partial charge in [-0.15, -0.1) is 0 Å². The molecule has 2 bridgehead atoms. The van der Waals surface area contributed by atoms with Crippen molar-refractivity contribution in [3.05, 3.63) is 53.6 Å². The lowest BCUT2D eigenvalue weighted by Crippen LogP contribution is -2.26. The summed E-state index contributed by atoms with van der Waals surface area (Å²) in [4.78, 5) is 4.30. The number of aliphatic hydroxyl groups excluding tert-OH is 1. The van der Waals surface area contributed by atoms with E-state index in [1.165, 1.54) is 25.3 Å². The summed E-state index contributed by atoms with van der Waals surface area (Å²) in [7, 11) is 0. The summed E-state index contributed by atoms with van der Waals surface area (Å²) in [6.07, 6.45) is 9.69. The van der Waals surface area contributed by atoms with Crippen molar-refractivity contribution in [2.45, 2.75) is 50.5 Å². The van der Waals surface area contributed by atoms with Gasteiger partial charge in [0.05, 0.1) is 6.10 Å². The molecular weight excluding hydrogens is 289 g/mol. The van der Waals surface area contributed by atoms with Crippen LogP contribution in [0.5, 0.6) is 0 Å². The van der Waals surface area contributed by atoms with Crippen molar-refractivity contribution in [1.82, 2.24) is 4.98 Å². The Labute approximate surface area is 136 Å². The first-order valence-corrected chi connectivity index (χ1v) is 8.66. The standard InChI is InChI=1S/C20H22FNO/c21-18-8-4-7-16-14-9-15(12-22-11-14)17(20(16)18)10-19(23)13-5-2-1-3-6-13/h4,7-9,11-13,17,19,23H,1-3,5-6,10H2. The van der Waals surface area contributed by atoms with Crippen LogP contribution in [-0.4, -0.2) is 16.2 Å². The molecule has 2 unspecified atom stereocenters. The predicted octanol–water partition coefficient (Wildman–Crippen LogP) is 4.66. The zero-order valence-electron chi connectivity index (χ0n) is 13.2. The van der Waals surface area contributed by atoms with Gasteiger partial charge >= 0.3 is 0 Å². The van der Waals surface area contributed by atoms with Crippen molar-refractivity contribution in [1.29, 1.82) is 0 Å². The number of benzene rings is 1. The summed E-state index contributed by atoms with van der Waals surface area (Å²) in [5, 5.41) is 10.7. The molecule has 2 aliphatic carbocycles. The first kappa shape index (κ1) is 14.8. The second kappa shape index (κ2) is 6.04. The second-order valence-electron chi connectivity index (χ2n) is 6.96. The second-order valence-corrected chi connectivity index (χ2v) is 6.96. The van der Waals surface area contributed by atoms with Crippen molar-refractivity contribution in [2.24, 2.45) is 5.92 Å². The summed E-state index contributed by atoms with van der Waals surface area (Å²) >= 11 is 0. The topological polar surface area (TPSA) is 33.1 Å². The average Bonchev–Trinajstić information content (AvgIpc) is 2.60. The van der Waals surface area contributed by atoms with Gasteiger partial charge in [-0.05, 0) is 48.4 Å². The van der Waals surface area contributed by atoms with E-state index in [9.17, 15) is 9.50 Å². The maximum absolute atomic E-state index is 14.5. The Morgan fingerprint density at radius 2 is 2.00 bits per heavy atom. The van der Waals surface area contributed by atoms with E-state index in [2.05, 4.69) is 11.1 Å². The molecule has 23 heavy (non-hydrogen) atoms. The lowest BCUT2D eigenvalue weighted by Gasteiger charge is -2.32. The minimum absolute atomic E-state index is 0.0932. The van der Waals surface area contributed by atoms with Crippen LogP contribution in [-0.2, 0) is 0 Å². The molecule has 1 aromatic heterocycles. The number of rotatable bonds is 3. The van der Waals surface area contributed by atoms with Crippen molar-refractivity contribution < 1.29 is 9.50 Å². The van der Waals surface area contributed by atoms with Crippen LogP contribution in [0.4, 0.5) is 4.39 Å². The molecule has 0 aliphatic heterocycles. The van der Waals surface area contributed by atoms with Crippen LogP contribution in [0.1, 0.15) is 55.6 Å². The minimum Gasteiger partial charge on any atom is -0.393 e. The van der Waals surface area contributed by atoms with Gasteiger partial charge in [0.2, 0.25) is 0 Å². The number of aliphatic hydroxyl groups is 1. The molecule has 2 atom stereocenters. The number of aromatic nitrogens is 1. The molecule has 4 rings (SSSR count). The largest absolute Gasteiger partial charge is 0.393 e. The Bertz CT molecular complexity index is 709. The van der Waals surface area contributed by atoms with Crippen LogP contribution < -0.4 is 0 Å². The summed E-state index contributed by atoms with van der Waals surface area (Å²) < 4.78 is 14.5. The third-order valence-corrected chi connectivity index (χ3v) is 5.55. The molecule has 0 saturated heterocycles. The lowest BCUT2D eigenvalue weighted by molar-refractivity contribution is 0.0734. The summed E-state index contributed by atoms with van der Waals surface area (Å²) in [6.45, 7) is 0. The van der Waals surface area contributed by atoms with Crippen LogP contribution in [0.25, 0.3) is 11.1 Å². The number of halogens is 1. The van der Waals surface area contributed by atoms with Gasteiger partial charge in [0.1, 0.15) is 5.82 Å². The number of fused-ring (bicyclic) bond motifs is 4. The molecule has 120 valence electrons. The van der Waals surface area contributed by atoms with E-state index in [0.717, 1.165) is 35.1 Å². The minimum atomic E-state index is -0.366. The molecule has 3 heteroatoms. The van der Waals surface area contributed by atoms with Crippen LogP contribution in [0, 0.1) is 11.7 Å².